The molecule has 2 saturated carbocycles. The highest BCUT2D eigenvalue weighted by Gasteiger charge is 2.52. The minimum Gasteiger partial charge on any atom is -0.368 e. The SMILES string of the molecule is CN(Cc1nccn1C)CC(NC1CC1)(C(N)=O)C1CC1. The first-order chi connectivity index (χ1) is 10.0. The van der Waals surface area contributed by atoms with E-state index < -0.39 is 5.54 Å². The maximum atomic E-state index is 12.2. The van der Waals surface area contributed by atoms with Crippen molar-refractivity contribution in [1.82, 2.24) is 19.8 Å². The second-order valence-electron chi connectivity index (χ2n) is 6.66. The molecule has 0 spiro atoms. The van der Waals surface area contributed by atoms with Crippen LogP contribution in [-0.2, 0) is 18.4 Å². The number of nitrogens with one attached hydrogen (secondary N) is 1. The zero-order valence-corrected chi connectivity index (χ0v) is 12.9. The Morgan fingerprint density at radius 1 is 1.52 bits per heavy atom. The summed E-state index contributed by atoms with van der Waals surface area (Å²) in [5.74, 6) is 1.18. The number of amides is 1. The highest BCUT2D eigenvalue weighted by atomic mass is 16.1. The minimum atomic E-state index is -0.568. The van der Waals surface area contributed by atoms with Crippen LogP contribution >= 0.6 is 0 Å². The Morgan fingerprint density at radius 2 is 2.24 bits per heavy atom. The van der Waals surface area contributed by atoms with E-state index in [-0.39, 0.29) is 5.91 Å². The molecule has 2 aliphatic rings. The molecule has 1 atom stereocenters. The van der Waals surface area contributed by atoms with Crippen LogP contribution in [0.5, 0.6) is 0 Å². The molecule has 6 nitrogen and oxygen atoms in total. The molecule has 0 radical (unpaired) electrons. The van der Waals surface area contributed by atoms with E-state index in [0.29, 0.717) is 18.5 Å². The second-order valence-corrected chi connectivity index (χ2v) is 6.66. The van der Waals surface area contributed by atoms with Crippen LogP contribution in [0.2, 0.25) is 0 Å². The van der Waals surface area contributed by atoms with Crippen LogP contribution in [0.3, 0.4) is 0 Å². The van der Waals surface area contributed by atoms with Gasteiger partial charge in [0.05, 0.1) is 6.54 Å². The van der Waals surface area contributed by atoms with Crippen LogP contribution in [0.4, 0.5) is 0 Å². The van der Waals surface area contributed by atoms with E-state index in [4.69, 9.17) is 5.73 Å². The summed E-state index contributed by atoms with van der Waals surface area (Å²) in [5, 5.41) is 3.55. The molecule has 0 bridgehead atoms. The molecule has 0 aliphatic heterocycles. The molecule has 3 N–H and O–H groups in total. The van der Waals surface area contributed by atoms with Crippen LogP contribution in [0.15, 0.2) is 12.4 Å². The minimum absolute atomic E-state index is 0.205. The van der Waals surface area contributed by atoms with Crippen LogP contribution in [0, 0.1) is 5.92 Å². The monoisotopic (exact) mass is 291 g/mol. The fraction of sp³-hybridized carbons (Fsp3) is 0.733. The predicted octanol–water partition coefficient (Wildman–Crippen LogP) is 0.238. The number of nitrogens with two attached hydrogens (primary N) is 1. The number of rotatable bonds is 8. The highest BCUT2D eigenvalue weighted by molar-refractivity contribution is 5.86. The molecule has 1 amide bonds. The van der Waals surface area contributed by atoms with Gasteiger partial charge in [-0.15, -0.1) is 0 Å². The first kappa shape index (κ1) is 14.5. The Balaban J connectivity index is 1.71. The molecule has 2 aliphatic carbocycles. The molecule has 1 aromatic rings. The number of hydrogen-bond acceptors (Lipinski definition) is 4. The maximum absolute atomic E-state index is 12.2. The number of imidazole rings is 1. The van der Waals surface area contributed by atoms with Crippen LogP contribution in [-0.4, -0.2) is 45.5 Å². The van der Waals surface area contributed by atoms with Gasteiger partial charge in [0.2, 0.25) is 5.91 Å². The van der Waals surface area contributed by atoms with E-state index in [9.17, 15) is 4.79 Å². The smallest absolute Gasteiger partial charge is 0.239 e. The van der Waals surface area contributed by atoms with Gasteiger partial charge in [0.15, 0.2) is 0 Å². The van der Waals surface area contributed by atoms with Crippen molar-refractivity contribution in [1.29, 1.82) is 0 Å². The average Bonchev–Trinajstić information content (AvgIpc) is 3.31. The van der Waals surface area contributed by atoms with Crippen LogP contribution < -0.4 is 11.1 Å². The normalized spacial score (nSPS) is 21.5. The van der Waals surface area contributed by atoms with Gasteiger partial charge in [-0.1, -0.05) is 0 Å². The number of nitrogens with zero attached hydrogens (tertiary/aromatic N) is 3. The van der Waals surface area contributed by atoms with E-state index in [1.54, 1.807) is 6.20 Å². The molecule has 1 unspecified atom stereocenters. The average molecular weight is 291 g/mol. The molecule has 0 saturated heterocycles. The van der Waals surface area contributed by atoms with Crippen molar-refractivity contribution in [3.05, 3.63) is 18.2 Å². The van der Waals surface area contributed by atoms with Gasteiger partial charge in [0.1, 0.15) is 11.4 Å². The van der Waals surface area contributed by atoms with E-state index in [2.05, 4.69) is 15.2 Å². The molecule has 21 heavy (non-hydrogen) atoms. The summed E-state index contributed by atoms with van der Waals surface area (Å²) in [6, 6.07) is 0.472. The summed E-state index contributed by atoms with van der Waals surface area (Å²) in [4.78, 5) is 18.7. The molecule has 1 aromatic heterocycles. The standard InChI is InChI=1S/C15H25N5O/c1-19(9-13-17-7-8-20(13)2)10-15(14(16)21,11-3-4-11)18-12-5-6-12/h7-8,11-12,18H,3-6,9-10H2,1-2H3,(H2,16,21). The Bertz CT molecular complexity index is 520. The largest absolute Gasteiger partial charge is 0.368 e. The van der Waals surface area contributed by atoms with Gasteiger partial charge in [-0.2, -0.15) is 0 Å². The third-order valence-electron chi connectivity index (χ3n) is 4.60. The fourth-order valence-corrected chi connectivity index (χ4v) is 3.08. The molecule has 1 heterocycles. The van der Waals surface area contributed by atoms with Crippen LogP contribution in [0.1, 0.15) is 31.5 Å². The summed E-state index contributed by atoms with van der Waals surface area (Å²) in [6.07, 6.45) is 8.25. The first-order valence-electron chi connectivity index (χ1n) is 7.73. The van der Waals surface area contributed by atoms with E-state index in [0.717, 1.165) is 38.1 Å². The van der Waals surface area contributed by atoms with E-state index in [1.807, 2.05) is 24.9 Å². The number of aryl methyl sites for hydroxylation is 1. The lowest BCUT2D eigenvalue weighted by molar-refractivity contribution is -0.126. The van der Waals surface area contributed by atoms with Gasteiger partial charge >= 0.3 is 0 Å². The van der Waals surface area contributed by atoms with E-state index in [1.165, 1.54) is 0 Å². The van der Waals surface area contributed by atoms with Crippen molar-refractivity contribution < 1.29 is 4.79 Å². The number of hydrogen-bond donors (Lipinski definition) is 2. The van der Waals surface area contributed by atoms with Crippen molar-refractivity contribution in [3.8, 4) is 0 Å². The van der Waals surface area contributed by atoms with Gasteiger partial charge in [-0.25, -0.2) is 4.98 Å². The number of aromatic nitrogens is 2. The molecule has 2 fully saturated rings. The van der Waals surface area contributed by atoms with Crippen molar-refractivity contribution in [3.63, 3.8) is 0 Å². The number of carbonyl (C=O) groups excluding carboxylic acids is 1. The van der Waals surface area contributed by atoms with Crippen LogP contribution in [0.25, 0.3) is 0 Å². The third kappa shape index (κ3) is 3.11. The summed E-state index contributed by atoms with van der Waals surface area (Å²) < 4.78 is 2.01. The fourth-order valence-electron chi connectivity index (χ4n) is 3.08. The van der Waals surface area contributed by atoms with E-state index >= 15 is 0 Å². The molecular weight excluding hydrogens is 266 g/mol. The number of primary amides is 1. The predicted molar refractivity (Wildman–Crippen MR) is 80.3 cm³/mol. The Hall–Kier alpha value is -1.40. The summed E-state index contributed by atoms with van der Waals surface area (Å²) in [5.41, 5.74) is 5.22. The zero-order chi connectivity index (χ0) is 15.0. The quantitative estimate of drug-likeness (QED) is 0.719. The van der Waals surface area contributed by atoms with Gasteiger partial charge in [0.25, 0.3) is 0 Å². The number of likely N-dealkylation sites (N-methyl/N-ethyl adjacent to an activating group) is 1. The Kier molecular flexibility index (Phi) is 3.75. The lowest BCUT2D eigenvalue weighted by Crippen LogP contribution is -2.63. The maximum Gasteiger partial charge on any atom is 0.239 e. The molecule has 6 heteroatoms. The van der Waals surface area contributed by atoms with Gasteiger partial charge < -0.3 is 10.3 Å². The summed E-state index contributed by atoms with van der Waals surface area (Å²) in [7, 11) is 4.02. The van der Waals surface area contributed by atoms with Gasteiger partial charge in [0, 0.05) is 32.0 Å². The van der Waals surface area contributed by atoms with Crippen molar-refractivity contribution in [2.75, 3.05) is 13.6 Å². The lowest BCUT2D eigenvalue weighted by atomic mass is 9.91. The highest BCUT2D eigenvalue weighted by Crippen LogP contribution is 2.42. The van der Waals surface area contributed by atoms with Crippen molar-refractivity contribution in [2.24, 2.45) is 18.7 Å². The second kappa shape index (κ2) is 5.42. The van der Waals surface area contributed by atoms with Crippen molar-refractivity contribution in [2.45, 2.75) is 43.8 Å². The molecular formula is C15H25N5O. The molecule has 3 rings (SSSR count). The Labute approximate surface area is 125 Å². The lowest BCUT2D eigenvalue weighted by Gasteiger charge is -2.36. The topological polar surface area (TPSA) is 76.2 Å². The van der Waals surface area contributed by atoms with Gasteiger partial charge in [-0.3, -0.25) is 15.0 Å². The number of carbonyl (C=O) groups is 1. The summed E-state index contributed by atoms with van der Waals surface area (Å²) >= 11 is 0. The van der Waals surface area contributed by atoms with Crippen molar-refractivity contribution >= 4 is 5.91 Å². The zero-order valence-electron chi connectivity index (χ0n) is 12.9. The third-order valence-corrected chi connectivity index (χ3v) is 4.60. The van der Waals surface area contributed by atoms with Gasteiger partial charge in [-0.05, 0) is 38.6 Å². The first-order valence-corrected chi connectivity index (χ1v) is 7.73. The molecule has 116 valence electrons. The molecule has 0 aromatic carbocycles. The Morgan fingerprint density at radius 3 is 2.71 bits per heavy atom. The summed E-state index contributed by atoms with van der Waals surface area (Å²) in [6.45, 7) is 1.37.